The van der Waals surface area contributed by atoms with E-state index in [1.165, 1.54) is 11.3 Å². The SMILES string of the molecule is COc1ccc(Nc2nc(C(=O)N(CCN(C)C)Cc3ccccc3)cs2)cc1. The fraction of sp³-hybridized carbons (Fsp3) is 0.273. The molecule has 0 saturated carbocycles. The predicted octanol–water partition coefficient (Wildman–Crippen LogP) is 4.10. The normalized spacial score (nSPS) is 10.8. The Balaban J connectivity index is 1.71. The number of methoxy groups -OCH3 is 1. The van der Waals surface area contributed by atoms with Gasteiger partial charge in [-0.3, -0.25) is 4.79 Å². The summed E-state index contributed by atoms with van der Waals surface area (Å²) >= 11 is 1.42. The van der Waals surface area contributed by atoms with Gasteiger partial charge in [-0.2, -0.15) is 0 Å². The number of anilines is 2. The number of nitrogens with zero attached hydrogens (tertiary/aromatic N) is 3. The number of ether oxygens (including phenoxy) is 1. The molecule has 2 aromatic carbocycles. The van der Waals surface area contributed by atoms with Crippen molar-refractivity contribution in [2.24, 2.45) is 0 Å². The third-order valence-electron chi connectivity index (χ3n) is 4.39. The highest BCUT2D eigenvalue weighted by atomic mass is 32.1. The summed E-state index contributed by atoms with van der Waals surface area (Å²) in [6, 6.07) is 17.6. The molecule has 0 aliphatic rings. The van der Waals surface area contributed by atoms with Crippen molar-refractivity contribution in [2.75, 3.05) is 39.6 Å². The lowest BCUT2D eigenvalue weighted by atomic mass is 10.2. The molecule has 1 amide bonds. The highest BCUT2D eigenvalue weighted by molar-refractivity contribution is 7.14. The van der Waals surface area contributed by atoms with Gasteiger partial charge in [0.25, 0.3) is 5.91 Å². The molecule has 152 valence electrons. The molecule has 0 aliphatic heterocycles. The number of benzene rings is 2. The Morgan fingerprint density at radius 1 is 1.07 bits per heavy atom. The average Bonchev–Trinajstić information content (AvgIpc) is 3.20. The monoisotopic (exact) mass is 410 g/mol. The van der Waals surface area contributed by atoms with Crippen LogP contribution in [-0.2, 0) is 6.54 Å². The Morgan fingerprint density at radius 2 is 1.79 bits per heavy atom. The van der Waals surface area contributed by atoms with Gasteiger partial charge in [-0.1, -0.05) is 30.3 Å². The van der Waals surface area contributed by atoms with E-state index in [9.17, 15) is 4.79 Å². The van der Waals surface area contributed by atoms with Gasteiger partial charge < -0.3 is 19.9 Å². The van der Waals surface area contributed by atoms with Gasteiger partial charge in [0.1, 0.15) is 11.4 Å². The lowest BCUT2D eigenvalue weighted by Gasteiger charge is -2.24. The van der Waals surface area contributed by atoms with Crippen LogP contribution in [0, 0.1) is 0 Å². The van der Waals surface area contributed by atoms with Crippen LogP contribution in [-0.4, -0.2) is 55.0 Å². The van der Waals surface area contributed by atoms with Crippen LogP contribution < -0.4 is 10.1 Å². The van der Waals surface area contributed by atoms with E-state index in [-0.39, 0.29) is 5.91 Å². The van der Waals surface area contributed by atoms with Crippen LogP contribution in [0.3, 0.4) is 0 Å². The maximum absolute atomic E-state index is 13.1. The van der Waals surface area contributed by atoms with Crippen LogP contribution in [0.1, 0.15) is 16.1 Å². The maximum atomic E-state index is 13.1. The third-order valence-corrected chi connectivity index (χ3v) is 5.14. The van der Waals surface area contributed by atoms with Crippen LogP contribution >= 0.6 is 11.3 Å². The Kier molecular flexibility index (Phi) is 7.21. The van der Waals surface area contributed by atoms with Gasteiger partial charge in [0.15, 0.2) is 5.13 Å². The van der Waals surface area contributed by atoms with Crippen LogP contribution in [0.4, 0.5) is 10.8 Å². The number of carbonyl (C=O) groups excluding carboxylic acids is 1. The van der Waals surface area contributed by atoms with Crippen molar-refractivity contribution < 1.29 is 9.53 Å². The van der Waals surface area contributed by atoms with Crippen molar-refractivity contribution >= 4 is 28.1 Å². The minimum Gasteiger partial charge on any atom is -0.497 e. The molecule has 0 spiro atoms. The Labute approximate surface area is 175 Å². The zero-order valence-electron chi connectivity index (χ0n) is 17.0. The lowest BCUT2D eigenvalue weighted by molar-refractivity contribution is 0.0727. The standard InChI is InChI=1S/C22H26N4O2S/c1-25(2)13-14-26(15-17-7-5-4-6-8-17)21(27)20-16-29-22(24-20)23-18-9-11-19(28-3)12-10-18/h4-12,16H,13-15H2,1-3H3,(H,23,24). The summed E-state index contributed by atoms with van der Waals surface area (Å²) in [6.07, 6.45) is 0. The van der Waals surface area contributed by atoms with E-state index < -0.39 is 0 Å². The van der Waals surface area contributed by atoms with E-state index in [2.05, 4.69) is 15.2 Å². The fourth-order valence-electron chi connectivity index (χ4n) is 2.77. The van der Waals surface area contributed by atoms with E-state index in [1.54, 1.807) is 7.11 Å². The summed E-state index contributed by atoms with van der Waals surface area (Å²) in [5.74, 6) is 0.734. The van der Waals surface area contributed by atoms with Crippen LogP contribution in [0.15, 0.2) is 60.0 Å². The zero-order chi connectivity index (χ0) is 20.6. The fourth-order valence-corrected chi connectivity index (χ4v) is 3.47. The third kappa shape index (κ3) is 6.04. The molecule has 0 aliphatic carbocycles. The van der Waals surface area contributed by atoms with Gasteiger partial charge in [0.2, 0.25) is 0 Å². The molecule has 29 heavy (non-hydrogen) atoms. The molecular formula is C22H26N4O2S. The Morgan fingerprint density at radius 3 is 2.45 bits per heavy atom. The van der Waals surface area contributed by atoms with Crippen molar-refractivity contribution in [1.82, 2.24) is 14.8 Å². The molecule has 1 aromatic heterocycles. The molecule has 0 fully saturated rings. The second kappa shape index (κ2) is 10.0. The van der Waals surface area contributed by atoms with Gasteiger partial charge in [-0.05, 0) is 43.9 Å². The number of rotatable bonds is 9. The smallest absolute Gasteiger partial charge is 0.273 e. The number of aromatic nitrogens is 1. The number of nitrogens with one attached hydrogen (secondary N) is 1. The minimum absolute atomic E-state index is 0.0604. The first-order chi connectivity index (χ1) is 14.0. The minimum atomic E-state index is -0.0604. The van der Waals surface area contributed by atoms with Gasteiger partial charge >= 0.3 is 0 Å². The number of hydrogen-bond acceptors (Lipinski definition) is 6. The highest BCUT2D eigenvalue weighted by Crippen LogP contribution is 2.23. The van der Waals surface area contributed by atoms with Crippen molar-refractivity contribution in [1.29, 1.82) is 0 Å². The summed E-state index contributed by atoms with van der Waals surface area (Å²) in [6.45, 7) is 1.99. The van der Waals surface area contributed by atoms with Crippen molar-refractivity contribution in [3.05, 3.63) is 71.2 Å². The largest absolute Gasteiger partial charge is 0.497 e. The van der Waals surface area contributed by atoms with E-state index in [0.717, 1.165) is 23.5 Å². The van der Waals surface area contributed by atoms with E-state index in [1.807, 2.05) is 79.0 Å². The molecule has 6 nitrogen and oxygen atoms in total. The van der Waals surface area contributed by atoms with Gasteiger partial charge in [0, 0.05) is 30.7 Å². The second-order valence-electron chi connectivity index (χ2n) is 6.91. The van der Waals surface area contributed by atoms with Crippen LogP contribution in [0.5, 0.6) is 5.75 Å². The zero-order valence-corrected chi connectivity index (χ0v) is 17.8. The highest BCUT2D eigenvalue weighted by Gasteiger charge is 2.19. The molecule has 3 aromatic rings. The summed E-state index contributed by atoms with van der Waals surface area (Å²) in [7, 11) is 5.65. The molecular weight excluding hydrogens is 384 g/mol. The second-order valence-corrected chi connectivity index (χ2v) is 7.77. The van der Waals surface area contributed by atoms with E-state index in [4.69, 9.17) is 4.74 Å². The van der Waals surface area contributed by atoms with Crippen LogP contribution in [0.2, 0.25) is 0 Å². The molecule has 0 saturated heterocycles. The van der Waals surface area contributed by atoms with Gasteiger partial charge in [0.05, 0.1) is 7.11 Å². The summed E-state index contributed by atoms with van der Waals surface area (Å²) in [4.78, 5) is 21.5. The quantitative estimate of drug-likeness (QED) is 0.576. The van der Waals surface area contributed by atoms with Crippen LogP contribution in [0.25, 0.3) is 0 Å². The number of carbonyl (C=O) groups is 1. The Bertz CT molecular complexity index is 910. The molecule has 0 radical (unpaired) electrons. The number of thiazole rings is 1. The first-order valence-electron chi connectivity index (χ1n) is 9.39. The lowest BCUT2D eigenvalue weighted by Crippen LogP contribution is -2.36. The first-order valence-corrected chi connectivity index (χ1v) is 10.3. The topological polar surface area (TPSA) is 57.7 Å². The number of hydrogen-bond donors (Lipinski definition) is 1. The van der Waals surface area contributed by atoms with Crippen molar-refractivity contribution in [3.8, 4) is 5.75 Å². The Hall–Kier alpha value is -2.90. The van der Waals surface area contributed by atoms with Gasteiger partial charge in [-0.15, -0.1) is 11.3 Å². The number of likely N-dealkylation sites (N-methyl/N-ethyl adjacent to an activating group) is 1. The van der Waals surface area contributed by atoms with E-state index >= 15 is 0 Å². The van der Waals surface area contributed by atoms with Crippen molar-refractivity contribution in [3.63, 3.8) is 0 Å². The predicted molar refractivity (Wildman–Crippen MR) is 118 cm³/mol. The molecule has 7 heteroatoms. The summed E-state index contributed by atoms with van der Waals surface area (Å²) in [5.41, 5.74) is 2.46. The molecule has 0 unspecified atom stereocenters. The molecule has 1 N–H and O–H groups in total. The number of amides is 1. The van der Waals surface area contributed by atoms with E-state index in [0.29, 0.717) is 23.9 Å². The molecule has 3 rings (SSSR count). The van der Waals surface area contributed by atoms with Gasteiger partial charge in [-0.25, -0.2) is 4.98 Å². The average molecular weight is 411 g/mol. The summed E-state index contributed by atoms with van der Waals surface area (Å²) in [5, 5.41) is 5.74. The first kappa shape index (κ1) is 20.8. The molecule has 0 atom stereocenters. The summed E-state index contributed by atoms with van der Waals surface area (Å²) < 4.78 is 5.18. The molecule has 1 heterocycles. The molecule has 0 bridgehead atoms. The maximum Gasteiger partial charge on any atom is 0.273 e. The van der Waals surface area contributed by atoms with Crippen molar-refractivity contribution in [2.45, 2.75) is 6.54 Å².